The monoisotopic (exact) mass is 515 g/mol. The Hall–Kier alpha value is -4.60. The highest BCUT2D eigenvalue weighted by Crippen LogP contribution is 2.47. The van der Waals surface area contributed by atoms with E-state index in [-0.39, 0.29) is 18.5 Å². The SMILES string of the molecule is CCOC(=O)C1=C(C)Nc2c(c(NNC(=O)c3ccc(OC)cc3)nc(=O)n2C2CC2)[C@@H]1c1ccccc1. The molecule has 38 heavy (non-hydrogen) atoms. The summed E-state index contributed by atoms with van der Waals surface area (Å²) in [5.74, 6) is -0.154. The van der Waals surface area contributed by atoms with Gasteiger partial charge in [0.2, 0.25) is 0 Å². The van der Waals surface area contributed by atoms with Crippen molar-refractivity contribution in [2.75, 3.05) is 24.5 Å². The number of hydrogen-bond acceptors (Lipinski definition) is 8. The van der Waals surface area contributed by atoms with Gasteiger partial charge < -0.3 is 14.8 Å². The van der Waals surface area contributed by atoms with Crippen LogP contribution in [0, 0.1) is 0 Å². The van der Waals surface area contributed by atoms with Crippen LogP contribution in [0.25, 0.3) is 0 Å². The highest BCUT2D eigenvalue weighted by Gasteiger charge is 2.40. The molecule has 3 aromatic rings. The minimum atomic E-state index is -0.593. The maximum absolute atomic E-state index is 13.2. The van der Waals surface area contributed by atoms with Gasteiger partial charge in [0.15, 0.2) is 5.82 Å². The van der Waals surface area contributed by atoms with Gasteiger partial charge in [-0.1, -0.05) is 30.3 Å². The molecule has 2 heterocycles. The molecule has 1 amide bonds. The number of esters is 1. The van der Waals surface area contributed by atoms with E-state index < -0.39 is 23.5 Å². The van der Waals surface area contributed by atoms with E-state index in [4.69, 9.17) is 9.47 Å². The highest BCUT2D eigenvalue weighted by molar-refractivity contribution is 5.96. The molecule has 2 aromatic carbocycles. The molecule has 1 fully saturated rings. The lowest BCUT2D eigenvalue weighted by atomic mass is 9.82. The average Bonchev–Trinajstić information content (AvgIpc) is 3.76. The first-order chi connectivity index (χ1) is 18.4. The second-order valence-electron chi connectivity index (χ2n) is 9.14. The molecule has 1 aliphatic heterocycles. The first-order valence-corrected chi connectivity index (χ1v) is 12.5. The molecule has 196 valence electrons. The molecular weight excluding hydrogens is 486 g/mol. The molecule has 3 N–H and O–H groups in total. The van der Waals surface area contributed by atoms with Crippen molar-refractivity contribution in [3.63, 3.8) is 0 Å². The van der Waals surface area contributed by atoms with Gasteiger partial charge in [0.25, 0.3) is 5.91 Å². The Labute approximate surface area is 219 Å². The van der Waals surface area contributed by atoms with E-state index in [1.165, 1.54) is 0 Å². The van der Waals surface area contributed by atoms with Crippen molar-refractivity contribution >= 4 is 23.5 Å². The van der Waals surface area contributed by atoms with Crippen molar-refractivity contribution in [2.24, 2.45) is 0 Å². The van der Waals surface area contributed by atoms with Gasteiger partial charge in [0, 0.05) is 22.9 Å². The van der Waals surface area contributed by atoms with Gasteiger partial charge in [-0.05, 0) is 56.5 Å². The number of aromatic nitrogens is 2. The normalized spacial score (nSPS) is 16.2. The maximum Gasteiger partial charge on any atom is 0.351 e. The lowest BCUT2D eigenvalue weighted by molar-refractivity contribution is -0.138. The fourth-order valence-electron chi connectivity index (χ4n) is 4.71. The molecule has 0 radical (unpaired) electrons. The third kappa shape index (κ3) is 4.72. The zero-order chi connectivity index (χ0) is 26.8. The van der Waals surface area contributed by atoms with Crippen molar-refractivity contribution in [3.8, 4) is 5.75 Å². The molecule has 10 heteroatoms. The summed E-state index contributed by atoms with van der Waals surface area (Å²) in [6.45, 7) is 3.77. The van der Waals surface area contributed by atoms with Crippen LogP contribution in [0.5, 0.6) is 5.75 Å². The van der Waals surface area contributed by atoms with Crippen LogP contribution in [0.4, 0.5) is 11.6 Å². The van der Waals surface area contributed by atoms with Crippen molar-refractivity contribution in [1.29, 1.82) is 0 Å². The smallest absolute Gasteiger partial charge is 0.351 e. The van der Waals surface area contributed by atoms with E-state index in [0.717, 1.165) is 18.4 Å². The number of hydrazine groups is 1. The van der Waals surface area contributed by atoms with E-state index in [2.05, 4.69) is 21.2 Å². The van der Waals surface area contributed by atoms with E-state index in [1.54, 1.807) is 49.8 Å². The summed E-state index contributed by atoms with van der Waals surface area (Å²) in [6, 6.07) is 16.1. The molecule has 5 rings (SSSR count). The Morgan fingerprint density at radius 2 is 1.82 bits per heavy atom. The van der Waals surface area contributed by atoms with Crippen molar-refractivity contribution in [2.45, 2.75) is 38.6 Å². The number of carbonyl (C=O) groups is 2. The molecule has 1 atom stereocenters. The Kier molecular flexibility index (Phi) is 6.87. The zero-order valence-corrected chi connectivity index (χ0v) is 21.4. The Bertz CT molecular complexity index is 1460. The van der Waals surface area contributed by atoms with Crippen molar-refractivity contribution in [3.05, 3.63) is 93.0 Å². The Morgan fingerprint density at radius 1 is 1.11 bits per heavy atom. The number of anilines is 2. The van der Waals surface area contributed by atoms with Gasteiger partial charge in [0.05, 0.1) is 25.2 Å². The molecule has 2 aliphatic rings. The minimum Gasteiger partial charge on any atom is -0.497 e. The molecule has 1 aliphatic carbocycles. The fraction of sp³-hybridized carbons (Fsp3) is 0.286. The lowest BCUT2D eigenvalue weighted by Gasteiger charge is -2.33. The maximum atomic E-state index is 13.2. The number of carbonyl (C=O) groups excluding carboxylic acids is 2. The van der Waals surface area contributed by atoms with Crippen LogP contribution < -0.4 is 26.6 Å². The van der Waals surface area contributed by atoms with Crippen molar-refractivity contribution in [1.82, 2.24) is 15.0 Å². The predicted octanol–water partition coefficient (Wildman–Crippen LogP) is 3.74. The molecule has 1 saturated carbocycles. The third-order valence-corrected chi connectivity index (χ3v) is 6.64. The third-order valence-electron chi connectivity index (χ3n) is 6.64. The van der Waals surface area contributed by atoms with Crippen LogP contribution in [0.1, 0.15) is 60.1 Å². The molecule has 10 nitrogen and oxygen atoms in total. The summed E-state index contributed by atoms with van der Waals surface area (Å²) in [7, 11) is 1.55. The lowest BCUT2D eigenvalue weighted by Crippen LogP contribution is -2.37. The van der Waals surface area contributed by atoms with Gasteiger partial charge in [-0.3, -0.25) is 20.2 Å². The molecule has 0 bridgehead atoms. The number of nitrogens with zero attached hydrogens (tertiary/aromatic N) is 2. The van der Waals surface area contributed by atoms with Crippen LogP contribution in [0.3, 0.4) is 0 Å². The van der Waals surface area contributed by atoms with Crippen LogP contribution in [-0.4, -0.2) is 35.1 Å². The molecule has 0 spiro atoms. The van der Waals surface area contributed by atoms with E-state index >= 15 is 0 Å². The Morgan fingerprint density at radius 3 is 2.45 bits per heavy atom. The number of benzene rings is 2. The topological polar surface area (TPSA) is 124 Å². The fourth-order valence-corrected chi connectivity index (χ4v) is 4.71. The van der Waals surface area contributed by atoms with Gasteiger partial charge in [-0.2, -0.15) is 4.98 Å². The largest absolute Gasteiger partial charge is 0.497 e. The van der Waals surface area contributed by atoms with Crippen LogP contribution in [0.15, 0.2) is 70.7 Å². The summed E-state index contributed by atoms with van der Waals surface area (Å²) < 4.78 is 12.2. The summed E-state index contributed by atoms with van der Waals surface area (Å²) in [4.78, 5) is 43.6. The highest BCUT2D eigenvalue weighted by atomic mass is 16.5. The predicted molar refractivity (Wildman–Crippen MR) is 142 cm³/mol. The number of rotatable bonds is 8. The van der Waals surface area contributed by atoms with Crippen LogP contribution in [0.2, 0.25) is 0 Å². The first kappa shape index (κ1) is 25.1. The molecular formula is C28H29N5O5. The number of amides is 1. The second kappa shape index (κ2) is 10.4. The molecule has 0 unspecified atom stereocenters. The summed E-state index contributed by atoms with van der Waals surface area (Å²) in [5, 5.41) is 3.29. The zero-order valence-electron chi connectivity index (χ0n) is 21.4. The number of allylic oxidation sites excluding steroid dienone is 1. The second-order valence-corrected chi connectivity index (χ2v) is 9.14. The molecule has 0 saturated heterocycles. The number of hydrogen-bond donors (Lipinski definition) is 3. The number of ether oxygens (including phenoxy) is 2. The quantitative estimate of drug-likeness (QED) is 0.306. The number of fused-ring (bicyclic) bond motifs is 1. The van der Waals surface area contributed by atoms with Gasteiger partial charge >= 0.3 is 11.7 Å². The van der Waals surface area contributed by atoms with Crippen LogP contribution in [-0.2, 0) is 9.53 Å². The summed E-state index contributed by atoms with van der Waals surface area (Å²) in [6.07, 6.45) is 1.72. The average molecular weight is 516 g/mol. The van der Waals surface area contributed by atoms with Gasteiger partial charge in [-0.25, -0.2) is 9.59 Å². The number of methoxy groups -OCH3 is 1. The standard InChI is InChI=1S/C28H29N5O5/c1-4-38-27(35)21-16(2)29-25-23(22(21)17-8-6-5-7-9-17)24(30-28(36)33(25)19-12-13-19)31-32-26(34)18-10-14-20(37-3)15-11-18/h5-11,14-15,19,22,29H,4,12-13H2,1-3H3,(H,32,34)(H,30,31,36)/t22-/m1/s1. The summed E-state index contributed by atoms with van der Waals surface area (Å²) in [5.41, 5.74) is 7.86. The molecule has 1 aromatic heterocycles. The first-order valence-electron chi connectivity index (χ1n) is 12.5. The van der Waals surface area contributed by atoms with Crippen LogP contribution >= 0.6 is 0 Å². The minimum absolute atomic E-state index is 0.0209. The van der Waals surface area contributed by atoms with Gasteiger partial charge in [0.1, 0.15) is 11.6 Å². The van der Waals surface area contributed by atoms with Gasteiger partial charge in [-0.15, -0.1) is 0 Å². The van der Waals surface area contributed by atoms with E-state index in [9.17, 15) is 14.4 Å². The Balaban J connectivity index is 1.61. The summed E-state index contributed by atoms with van der Waals surface area (Å²) >= 11 is 0. The number of nitrogens with one attached hydrogen (secondary N) is 3. The van der Waals surface area contributed by atoms with Crippen molar-refractivity contribution < 1.29 is 19.1 Å². The van der Waals surface area contributed by atoms with E-state index in [0.29, 0.717) is 34.0 Å². The van der Waals surface area contributed by atoms with E-state index in [1.807, 2.05) is 30.3 Å².